The van der Waals surface area contributed by atoms with Gasteiger partial charge >= 0.3 is 0 Å². The summed E-state index contributed by atoms with van der Waals surface area (Å²) in [6.45, 7) is 3.98. The van der Waals surface area contributed by atoms with Crippen LogP contribution in [0, 0.1) is 6.92 Å². The molecule has 136 valence electrons. The van der Waals surface area contributed by atoms with E-state index in [0.717, 1.165) is 66.1 Å². The summed E-state index contributed by atoms with van der Waals surface area (Å²) in [5.41, 5.74) is 4.74. The predicted molar refractivity (Wildman–Crippen MR) is 97.2 cm³/mol. The quantitative estimate of drug-likeness (QED) is 0.883. The molecule has 1 aromatic carbocycles. The number of rotatable bonds is 3. The fourth-order valence-electron chi connectivity index (χ4n) is 3.93. The van der Waals surface area contributed by atoms with Gasteiger partial charge in [0.2, 0.25) is 0 Å². The molecule has 0 unspecified atom stereocenters. The van der Waals surface area contributed by atoms with E-state index in [0.29, 0.717) is 13.2 Å². The van der Waals surface area contributed by atoms with Crippen LogP contribution in [0.4, 0.5) is 5.82 Å². The molecule has 3 heterocycles. The van der Waals surface area contributed by atoms with E-state index in [4.69, 9.17) is 9.47 Å². The zero-order chi connectivity index (χ0) is 17.7. The Bertz CT molecular complexity index is 858. The van der Waals surface area contributed by atoms with Crippen molar-refractivity contribution in [2.45, 2.75) is 50.9 Å². The van der Waals surface area contributed by atoms with Gasteiger partial charge in [-0.2, -0.15) is 0 Å². The van der Waals surface area contributed by atoms with Crippen LogP contribution in [0.2, 0.25) is 0 Å². The van der Waals surface area contributed by atoms with Gasteiger partial charge in [-0.15, -0.1) is 10.2 Å². The number of phenolic OH excluding ortho intramolecular Hbond substituents is 1. The highest BCUT2D eigenvalue weighted by atomic mass is 16.5. The van der Waals surface area contributed by atoms with Crippen LogP contribution in [-0.4, -0.2) is 40.2 Å². The van der Waals surface area contributed by atoms with Crippen LogP contribution < -0.4 is 5.32 Å². The molecule has 0 radical (unpaired) electrons. The van der Waals surface area contributed by atoms with E-state index in [1.807, 2.05) is 19.1 Å². The Labute approximate surface area is 152 Å². The molecular weight excluding hydrogens is 330 g/mol. The van der Waals surface area contributed by atoms with Gasteiger partial charge in [-0.3, -0.25) is 0 Å². The third-order valence-electron chi connectivity index (χ3n) is 5.69. The zero-order valence-electron chi connectivity index (χ0n) is 14.9. The molecule has 2 N–H and O–H groups in total. The Kier molecular flexibility index (Phi) is 3.65. The van der Waals surface area contributed by atoms with Crippen LogP contribution in [0.15, 0.2) is 18.2 Å². The van der Waals surface area contributed by atoms with Crippen molar-refractivity contribution in [3.05, 3.63) is 34.9 Å². The summed E-state index contributed by atoms with van der Waals surface area (Å²) < 4.78 is 11.6. The van der Waals surface area contributed by atoms with Crippen LogP contribution in [0.1, 0.15) is 36.0 Å². The lowest BCUT2D eigenvalue weighted by atomic mass is 9.93. The number of aromatic hydroxyl groups is 1. The van der Waals surface area contributed by atoms with Crippen molar-refractivity contribution in [1.29, 1.82) is 0 Å². The van der Waals surface area contributed by atoms with Gasteiger partial charge in [-0.05, 0) is 49.4 Å². The maximum atomic E-state index is 10.5. The SMILES string of the molecule is Cc1ccc(-c2nnc(N[C@H]3CCOC3)c3c2CC2(CC2)OC3)c(O)c1. The van der Waals surface area contributed by atoms with Crippen LogP contribution in [-0.2, 0) is 22.5 Å². The van der Waals surface area contributed by atoms with Crippen molar-refractivity contribution < 1.29 is 14.6 Å². The number of ether oxygens (including phenoxy) is 2. The predicted octanol–water partition coefficient (Wildman–Crippen LogP) is 2.96. The standard InChI is InChI=1S/C20H23N3O3/c1-12-2-3-14(17(24)8-12)18-15-9-20(5-6-20)26-11-16(15)19(23-22-18)21-13-4-7-25-10-13/h2-3,8,13,24H,4-7,9-11H2,1H3,(H,21,23)/t13-/m0/s1. The van der Waals surface area contributed by atoms with E-state index in [-0.39, 0.29) is 17.4 Å². The van der Waals surface area contributed by atoms with Gasteiger partial charge in [0.05, 0.1) is 24.9 Å². The number of nitrogens with one attached hydrogen (secondary N) is 1. The third-order valence-corrected chi connectivity index (χ3v) is 5.69. The maximum absolute atomic E-state index is 10.5. The number of fused-ring (bicyclic) bond motifs is 1. The number of aromatic nitrogens is 2. The number of nitrogens with zero attached hydrogens (tertiary/aromatic N) is 2. The Hall–Kier alpha value is -2.18. The van der Waals surface area contributed by atoms with Gasteiger partial charge < -0.3 is 19.9 Å². The van der Waals surface area contributed by atoms with Crippen molar-refractivity contribution in [2.24, 2.45) is 0 Å². The summed E-state index contributed by atoms with van der Waals surface area (Å²) in [7, 11) is 0. The molecule has 1 atom stereocenters. The van der Waals surface area contributed by atoms with E-state index < -0.39 is 0 Å². The second kappa shape index (κ2) is 5.93. The van der Waals surface area contributed by atoms with Crippen molar-refractivity contribution in [3.8, 4) is 17.0 Å². The molecule has 1 aliphatic carbocycles. The summed E-state index contributed by atoms with van der Waals surface area (Å²) >= 11 is 0. The molecule has 6 nitrogen and oxygen atoms in total. The highest BCUT2D eigenvalue weighted by Crippen LogP contribution is 2.49. The second-order valence-corrected chi connectivity index (χ2v) is 7.73. The molecule has 1 aromatic heterocycles. The Morgan fingerprint density at radius 3 is 2.85 bits per heavy atom. The fourth-order valence-corrected chi connectivity index (χ4v) is 3.93. The normalized spacial score (nSPS) is 23.0. The topological polar surface area (TPSA) is 76.5 Å². The first-order valence-electron chi connectivity index (χ1n) is 9.30. The molecule has 2 aliphatic heterocycles. The summed E-state index contributed by atoms with van der Waals surface area (Å²) in [4.78, 5) is 0. The van der Waals surface area contributed by atoms with E-state index in [9.17, 15) is 5.11 Å². The third kappa shape index (κ3) is 2.73. The first-order valence-corrected chi connectivity index (χ1v) is 9.30. The molecule has 2 fully saturated rings. The summed E-state index contributed by atoms with van der Waals surface area (Å²) in [5.74, 6) is 1.05. The summed E-state index contributed by atoms with van der Waals surface area (Å²) in [6.07, 6.45) is 3.98. The molecule has 3 aliphatic rings. The number of benzene rings is 1. The number of phenols is 1. The highest BCUT2D eigenvalue weighted by molar-refractivity contribution is 5.73. The van der Waals surface area contributed by atoms with Gasteiger partial charge in [0.15, 0.2) is 5.82 Å². The second-order valence-electron chi connectivity index (χ2n) is 7.73. The van der Waals surface area contributed by atoms with Crippen LogP contribution >= 0.6 is 0 Å². The van der Waals surface area contributed by atoms with Gasteiger partial charge in [-0.1, -0.05) is 6.07 Å². The van der Waals surface area contributed by atoms with E-state index in [1.54, 1.807) is 6.07 Å². The average Bonchev–Trinajstić information content (AvgIpc) is 3.16. The minimum atomic E-state index is -0.0289. The number of aryl methyl sites for hydroxylation is 1. The van der Waals surface area contributed by atoms with Gasteiger partial charge in [0, 0.05) is 24.2 Å². The number of hydrogen-bond acceptors (Lipinski definition) is 6. The van der Waals surface area contributed by atoms with Crippen molar-refractivity contribution in [3.63, 3.8) is 0 Å². The molecule has 5 rings (SSSR count). The molecule has 0 amide bonds. The van der Waals surface area contributed by atoms with Crippen LogP contribution in [0.25, 0.3) is 11.3 Å². The lowest BCUT2D eigenvalue weighted by molar-refractivity contribution is 0.00832. The molecule has 2 aromatic rings. The highest BCUT2D eigenvalue weighted by Gasteiger charge is 2.48. The monoisotopic (exact) mass is 353 g/mol. The Morgan fingerprint density at radius 1 is 1.23 bits per heavy atom. The van der Waals surface area contributed by atoms with Gasteiger partial charge in [-0.25, -0.2) is 0 Å². The average molecular weight is 353 g/mol. The molecule has 1 spiro atoms. The van der Waals surface area contributed by atoms with E-state index in [2.05, 4.69) is 15.5 Å². The molecule has 6 heteroatoms. The number of hydrogen-bond donors (Lipinski definition) is 2. The smallest absolute Gasteiger partial charge is 0.154 e. The summed E-state index contributed by atoms with van der Waals surface area (Å²) in [6, 6.07) is 5.97. The maximum Gasteiger partial charge on any atom is 0.154 e. The molecule has 0 bridgehead atoms. The minimum Gasteiger partial charge on any atom is -0.507 e. The van der Waals surface area contributed by atoms with Crippen molar-refractivity contribution >= 4 is 5.82 Å². The Morgan fingerprint density at radius 2 is 2.12 bits per heavy atom. The van der Waals surface area contributed by atoms with Crippen LogP contribution in [0.5, 0.6) is 5.75 Å². The molecular formula is C20H23N3O3. The number of anilines is 1. The minimum absolute atomic E-state index is 0.0289. The lowest BCUT2D eigenvalue weighted by Gasteiger charge is -2.28. The van der Waals surface area contributed by atoms with Gasteiger partial charge in [0.1, 0.15) is 11.4 Å². The van der Waals surface area contributed by atoms with E-state index >= 15 is 0 Å². The van der Waals surface area contributed by atoms with Crippen molar-refractivity contribution in [1.82, 2.24) is 10.2 Å². The molecule has 1 saturated heterocycles. The van der Waals surface area contributed by atoms with Crippen LogP contribution in [0.3, 0.4) is 0 Å². The first-order chi connectivity index (χ1) is 12.6. The lowest BCUT2D eigenvalue weighted by Crippen LogP contribution is -2.28. The largest absolute Gasteiger partial charge is 0.507 e. The van der Waals surface area contributed by atoms with Gasteiger partial charge in [0.25, 0.3) is 0 Å². The molecule has 26 heavy (non-hydrogen) atoms. The van der Waals surface area contributed by atoms with E-state index in [1.165, 1.54) is 0 Å². The van der Waals surface area contributed by atoms with Crippen molar-refractivity contribution in [2.75, 3.05) is 18.5 Å². The fraction of sp³-hybridized carbons (Fsp3) is 0.500. The Balaban J connectivity index is 1.59. The zero-order valence-corrected chi connectivity index (χ0v) is 14.9. The molecule has 1 saturated carbocycles. The summed E-state index contributed by atoms with van der Waals surface area (Å²) in [5, 5.41) is 22.9. The first kappa shape index (κ1) is 16.0.